The van der Waals surface area contributed by atoms with Crippen molar-refractivity contribution in [2.75, 3.05) is 0 Å². The van der Waals surface area contributed by atoms with Gasteiger partial charge in [-0.15, -0.1) is 0 Å². The minimum absolute atomic E-state index is 0.0159. The monoisotopic (exact) mass is 589 g/mol. The average Bonchev–Trinajstić information content (AvgIpc) is 3.48. The highest BCUT2D eigenvalue weighted by molar-refractivity contribution is 5.84. The summed E-state index contributed by atoms with van der Waals surface area (Å²) < 4.78 is 37.5. The molecule has 0 heterocycles. The van der Waals surface area contributed by atoms with Gasteiger partial charge in [-0.05, 0) is 90.2 Å². The highest BCUT2D eigenvalue weighted by atomic mass is 19.4. The molecule has 0 amide bonds. The summed E-state index contributed by atoms with van der Waals surface area (Å²) >= 11 is 0. The SMILES string of the molecule is C=C/C(=C\C(CC)=C(/C)CCC)C(F)(F)F.CCCC(NC1CC2CCCC2(C(C)=O)C1)C(C)=O.Cc1ccccc1. The molecule has 0 bridgehead atoms. The van der Waals surface area contributed by atoms with E-state index >= 15 is 0 Å². The number of carbonyl (C=O) groups is 2. The molecule has 0 spiro atoms. The first-order valence-corrected chi connectivity index (χ1v) is 15.6. The number of rotatable bonds is 11. The maximum atomic E-state index is 12.5. The zero-order valence-electron chi connectivity index (χ0n) is 27.0. The molecule has 1 aromatic carbocycles. The van der Waals surface area contributed by atoms with Crippen LogP contribution >= 0.6 is 0 Å². The maximum Gasteiger partial charge on any atom is 0.416 e. The zero-order valence-corrected chi connectivity index (χ0v) is 27.0. The van der Waals surface area contributed by atoms with Crippen molar-refractivity contribution in [3.63, 3.8) is 0 Å². The van der Waals surface area contributed by atoms with Crippen LogP contribution in [0.2, 0.25) is 0 Å². The van der Waals surface area contributed by atoms with E-state index in [1.54, 1.807) is 13.8 Å². The maximum absolute atomic E-state index is 12.5. The minimum Gasteiger partial charge on any atom is -0.305 e. The van der Waals surface area contributed by atoms with E-state index < -0.39 is 11.7 Å². The molecular formula is C36H54F3NO2. The molecule has 2 aliphatic rings. The van der Waals surface area contributed by atoms with Crippen molar-refractivity contribution in [3.8, 4) is 0 Å². The molecule has 4 atom stereocenters. The normalized spacial score (nSPS) is 23.0. The Balaban J connectivity index is 0.000000346. The van der Waals surface area contributed by atoms with Gasteiger partial charge in [0, 0.05) is 11.5 Å². The second kappa shape index (κ2) is 18.3. The van der Waals surface area contributed by atoms with Gasteiger partial charge in [-0.25, -0.2) is 0 Å². The van der Waals surface area contributed by atoms with Crippen molar-refractivity contribution in [3.05, 3.63) is 71.3 Å². The summed E-state index contributed by atoms with van der Waals surface area (Å²) in [6.45, 7) is 16.6. The quantitative estimate of drug-likeness (QED) is 0.261. The first-order chi connectivity index (χ1) is 19.7. The number of nitrogens with one attached hydrogen (secondary N) is 1. The molecule has 3 nitrogen and oxygen atoms in total. The van der Waals surface area contributed by atoms with Crippen molar-refractivity contribution in [1.29, 1.82) is 0 Å². The largest absolute Gasteiger partial charge is 0.416 e. The standard InChI is InChI=1S/C16H27NO2.C13H19F3.C7H8/c1-4-6-15(11(2)18)17-14-9-13-7-5-8-16(13,10-14)12(3)19;1-5-8-10(4)11(6-2)9-12(7-3)13(14,15)16;1-7-5-3-2-4-6-7/h13-15,17H,4-10H2,1-3H3;7,9H,3,5-6,8H2,1-2,4H3;2-6H,1H3/b;11-10+,12-9+;. The number of alkyl halides is 3. The number of fused-ring (bicyclic) bond motifs is 1. The Kier molecular flexibility index (Phi) is 16.3. The Morgan fingerprint density at radius 3 is 2.14 bits per heavy atom. The number of Topliss-reactive ketones (excluding diaryl/α,β-unsaturated/α-hetero) is 2. The van der Waals surface area contributed by atoms with E-state index in [0.717, 1.165) is 62.2 Å². The lowest BCUT2D eigenvalue weighted by atomic mass is 9.77. The predicted octanol–water partition coefficient (Wildman–Crippen LogP) is 10.1. The second-order valence-corrected chi connectivity index (χ2v) is 11.9. The van der Waals surface area contributed by atoms with Crippen LogP contribution in [0.25, 0.3) is 0 Å². The highest BCUT2D eigenvalue weighted by Gasteiger charge is 2.53. The summed E-state index contributed by atoms with van der Waals surface area (Å²) in [5.41, 5.74) is 2.37. The third-order valence-corrected chi connectivity index (χ3v) is 8.71. The van der Waals surface area contributed by atoms with Crippen LogP contribution in [-0.4, -0.2) is 29.8 Å². The molecule has 1 aromatic rings. The van der Waals surface area contributed by atoms with E-state index in [1.165, 1.54) is 24.5 Å². The molecule has 2 aliphatic carbocycles. The van der Waals surface area contributed by atoms with Crippen LogP contribution in [0, 0.1) is 18.3 Å². The minimum atomic E-state index is -4.31. The fourth-order valence-electron chi connectivity index (χ4n) is 6.38. The molecule has 0 aromatic heterocycles. The third kappa shape index (κ3) is 11.7. The van der Waals surface area contributed by atoms with Crippen LogP contribution in [0.1, 0.15) is 111 Å². The van der Waals surface area contributed by atoms with Crippen molar-refractivity contribution in [1.82, 2.24) is 5.32 Å². The van der Waals surface area contributed by atoms with Gasteiger partial charge in [0.05, 0.1) is 11.6 Å². The lowest BCUT2D eigenvalue weighted by Crippen LogP contribution is -2.42. The van der Waals surface area contributed by atoms with Gasteiger partial charge in [0.15, 0.2) is 0 Å². The van der Waals surface area contributed by atoms with Crippen molar-refractivity contribution in [2.45, 2.75) is 131 Å². The van der Waals surface area contributed by atoms with E-state index in [2.05, 4.69) is 37.9 Å². The molecule has 4 unspecified atom stereocenters. The summed E-state index contributed by atoms with van der Waals surface area (Å²) in [5.74, 6) is 1.15. The van der Waals surface area contributed by atoms with E-state index in [4.69, 9.17) is 0 Å². The van der Waals surface area contributed by atoms with Crippen LogP contribution in [0.5, 0.6) is 0 Å². The van der Waals surface area contributed by atoms with Crippen molar-refractivity contribution < 1.29 is 22.8 Å². The lowest BCUT2D eigenvalue weighted by molar-refractivity contribution is -0.127. The van der Waals surface area contributed by atoms with E-state index in [1.807, 2.05) is 39.0 Å². The van der Waals surface area contributed by atoms with E-state index in [9.17, 15) is 22.8 Å². The first-order valence-electron chi connectivity index (χ1n) is 15.6. The molecule has 2 saturated carbocycles. The van der Waals surface area contributed by atoms with E-state index in [-0.39, 0.29) is 17.2 Å². The molecule has 42 heavy (non-hydrogen) atoms. The van der Waals surface area contributed by atoms with Crippen LogP contribution in [0.3, 0.4) is 0 Å². The number of hydrogen-bond acceptors (Lipinski definition) is 3. The van der Waals surface area contributed by atoms with Gasteiger partial charge >= 0.3 is 6.18 Å². The Bertz CT molecular complexity index is 1060. The van der Waals surface area contributed by atoms with Crippen LogP contribution in [-0.2, 0) is 9.59 Å². The Labute approximate surface area is 253 Å². The summed E-state index contributed by atoms with van der Waals surface area (Å²) in [6.07, 6.45) is 7.55. The smallest absolute Gasteiger partial charge is 0.305 e. The van der Waals surface area contributed by atoms with Gasteiger partial charge in [-0.3, -0.25) is 9.59 Å². The fourth-order valence-corrected chi connectivity index (χ4v) is 6.38. The zero-order chi connectivity index (χ0) is 31.9. The van der Waals surface area contributed by atoms with Crippen molar-refractivity contribution in [2.24, 2.45) is 11.3 Å². The number of allylic oxidation sites excluding steroid dienone is 5. The van der Waals surface area contributed by atoms with Crippen LogP contribution < -0.4 is 5.32 Å². The molecule has 0 radical (unpaired) electrons. The molecule has 0 aliphatic heterocycles. The Hall–Kier alpha value is -2.47. The van der Waals surface area contributed by atoms with Crippen molar-refractivity contribution >= 4 is 11.6 Å². The second-order valence-electron chi connectivity index (χ2n) is 11.9. The van der Waals surface area contributed by atoms with Gasteiger partial charge in [0.1, 0.15) is 11.6 Å². The number of halogens is 3. The number of benzene rings is 1. The summed E-state index contributed by atoms with van der Waals surface area (Å²) in [7, 11) is 0. The fraction of sp³-hybridized carbons (Fsp3) is 0.611. The average molecular weight is 590 g/mol. The van der Waals surface area contributed by atoms with Gasteiger partial charge in [0.25, 0.3) is 0 Å². The molecule has 0 saturated heterocycles. The lowest BCUT2D eigenvalue weighted by Gasteiger charge is -2.26. The molecule has 3 rings (SSSR count). The number of hydrogen-bond donors (Lipinski definition) is 1. The first kappa shape index (κ1) is 37.6. The topological polar surface area (TPSA) is 46.2 Å². The third-order valence-electron chi connectivity index (χ3n) is 8.71. The van der Waals surface area contributed by atoms with Crippen LogP contribution in [0.4, 0.5) is 13.2 Å². The number of aryl methyl sites for hydroxylation is 1. The van der Waals surface area contributed by atoms with Gasteiger partial charge in [0.2, 0.25) is 0 Å². The summed E-state index contributed by atoms with van der Waals surface area (Å²) in [4.78, 5) is 23.7. The molecular weight excluding hydrogens is 535 g/mol. The van der Waals surface area contributed by atoms with Gasteiger partial charge in [-0.2, -0.15) is 13.2 Å². The van der Waals surface area contributed by atoms with Gasteiger partial charge < -0.3 is 5.32 Å². The summed E-state index contributed by atoms with van der Waals surface area (Å²) in [5, 5.41) is 3.52. The number of carbonyl (C=O) groups excluding carboxylic acids is 2. The predicted molar refractivity (Wildman–Crippen MR) is 169 cm³/mol. The Morgan fingerprint density at radius 2 is 1.74 bits per heavy atom. The van der Waals surface area contributed by atoms with Gasteiger partial charge in [-0.1, -0.05) is 94.2 Å². The molecule has 2 fully saturated rings. The van der Waals surface area contributed by atoms with E-state index in [0.29, 0.717) is 24.2 Å². The molecule has 6 heteroatoms. The summed E-state index contributed by atoms with van der Waals surface area (Å²) in [6, 6.07) is 10.6. The molecule has 1 N–H and O–H groups in total. The Morgan fingerprint density at radius 1 is 1.10 bits per heavy atom. The van der Waals surface area contributed by atoms with Crippen LogP contribution in [0.15, 0.2) is 65.8 Å². The molecule has 236 valence electrons. The number of ketones is 2. The highest BCUT2D eigenvalue weighted by Crippen LogP contribution is 2.54.